The molecule has 0 radical (unpaired) electrons. The monoisotopic (exact) mass is 260 g/mol. The molecule has 1 aromatic heterocycles. The second-order valence-corrected chi connectivity index (χ2v) is 7.04. The maximum Gasteiger partial charge on any atom is 0.250 e. The Balaban J connectivity index is 2.00. The van der Waals surface area contributed by atoms with Crippen LogP contribution in [-0.4, -0.2) is 21.0 Å². The highest BCUT2D eigenvalue weighted by Crippen LogP contribution is 2.23. The molecule has 1 saturated carbocycles. The maximum absolute atomic E-state index is 11.7. The van der Waals surface area contributed by atoms with Gasteiger partial charge in [0.05, 0.1) is 0 Å². The lowest BCUT2D eigenvalue weighted by atomic mass is 10.4. The minimum absolute atomic E-state index is 0.405. The van der Waals surface area contributed by atoms with Gasteiger partial charge >= 0.3 is 0 Å². The van der Waals surface area contributed by atoms with E-state index < -0.39 is 10.0 Å². The number of nitrogens with one attached hydrogen (secondary N) is 2. The molecule has 1 heterocycles. The zero-order valence-corrected chi connectivity index (χ0v) is 10.8. The zero-order valence-electron chi connectivity index (χ0n) is 9.19. The Bertz CT molecular complexity index is 449. The van der Waals surface area contributed by atoms with Crippen molar-refractivity contribution in [2.75, 3.05) is 6.54 Å². The normalized spacial score (nSPS) is 16.6. The summed E-state index contributed by atoms with van der Waals surface area (Å²) in [5.41, 5.74) is 0. The second kappa shape index (κ2) is 4.83. The van der Waals surface area contributed by atoms with Crippen LogP contribution in [-0.2, 0) is 16.6 Å². The topological polar surface area (TPSA) is 58.2 Å². The first kappa shape index (κ1) is 12.0. The van der Waals surface area contributed by atoms with Crippen molar-refractivity contribution < 1.29 is 8.42 Å². The molecule has 1 aliphatic carbocycles. The van der Waals surface area contributed by atoms with Gasteiger partial charge in [0.15, 0.2) is 0 Å². The molecular weight excluding hydrogens is 244 g/mol. The molecule has 1 aliphatic rings. The van der Waals surface area contributed by atoms with Crippen LogP contribution in [0.1, 0.15) is 24.6 Å². The van der Waals surface area contributed by atoms with Crippen LogP contribution in [0.3, 0.4) is 0 Å². The first-order valence-corrected chi connectivity index (χ1v) is 7.73. The van der Waals surface area contributed by atoms with Crippen LogP contribution < -0.4 is 10.0 Å². The Kier molecular flexibility index (Phi) is 3.63. The number of hydrogen-bond acceptors (Lipinski definition) is 4. The first-order valence-electron chi connectivity index (χ1n) is 5.43. The molecule has 1 fully saturated rings. The highest BCUT2D eigenvalue weighted by Gasteiger charge is 2.21. The quantitative estimate of drug-likeness (QED) is 0.810. The summed E-state index contributed by atoms with van der Waals surface area (Å²) in [6.45, 7) is 2.98. The third-order valence-corrected chi connectivity index (χ3v) is 5.50. The van der Waals surface area contributed by atoms with Gasteiger partial charge in [-0.3, -0.25) is 0 Å². The number of hydrogen-bond donors (Lipinski definition) is 2. The van der Waals surface area contributed by atoms with E-state index in [1.807, 2.05) is 6.07 Å². The molecule has 0 atom stereocenters. The van der Waals surface area contributed by atoms with E-state index in [1.165, 1.54) is 24.2 Å². The summed E-state index contributed by atoms with van der Waals surface area (Å²) in [5, 5.41) is 3.36. The summed E-state index contributed by atoms with van der Waals surface area (Å²) in [7, 11) is -3.27. The van der Waals surface area contributed by atoms with Gasteiger partial charge in [0, 0.05) is 24.0 Å². The van der Waals surface area contributed by atoms with E-state index in [0.29, 0.717) is 16.8 Å². The van der Waals surface area contributed by atoms with Crippen molar-refractivity contribution in [3.05, 3.63) is 17.0 Å². The van der Waals surface area contributed by atoms with Crippen LogP contribution in [0.5, 0.6) is 0 Å². The Morgan fingerprint density at radius 2 is 2.19 bits per heavy atom. The van der Waals surface area contributed by atoms with Gasteiger partial charge in [0.25, 0.3) is 0 Å². The maximum atomic E-state index is 11.7. The summed E-state index contributed by atoms with van der Waals surface area (Å²) < 4.78 is 26.2. The van der Waals surface area contributed by atoms with Crippen LogP contribution in [0, 0.1) is 0 Å². The van der Waals surface area contributed by atoms with Gasteiger partial charge < -0.3 is 5.32 Å². The van der Waals surface area contributed by atoms with Crippen molar-refractivity contribution in [2.24, 2.45) is 0 Å². The summed E-state index contributed by atoms with van der Waals surface area (Å²) >= 11 is 1.34. The summed E-state index contributed by atoms with van der Waals surface area (Å²) in [6, 6.07) is 4.20. The molecular formula is C10H16N2O2S2. The lowest BCUT2D eigenvalue weighted by Gasteiger charge is -2.00. The van der Waals surface area contributed by atoms with Gasteiger partial charge in [-0.05, 0) is 25.0 Å². The minimum Gasteiger partial charge on any atom is -0.309 e. The lowest BCUT2D eigenvalue weighted by Crippen LogP contribution is -2.22. The van der Waals surface area contributed by atoms with E-state index in [1.54, 1.807) is 13.0 Å². The van der Waals surface area contributed by atoms with Gasteiger partial charge in [-0.25, -0.2) is 13.1 Å². The fraction of sp³-hybridized carbons (Fsp3) is 0.600. The van der Waals surface area contributed by atoms with E-state index in [-0.39, 0.29) is 0 Å². The molecule has 4 nitrogen and oxygen atoms in total. The van der Waals surface area contributed by atoms with Crippen molar-refractivity contribution in [3.8, 4) is 0 Å². The summed E-state index contributed by atoms with van der Waals surface area (Å²) in [6.07, 6.45) is 2.49. The average molecular weight is 260 g/mol. The van der Waals surface area contributed by atoms with Crippen molar-refractivity contribution in [2.45, 2.75) is 36.6 Å². The molecule has 0 spiro atoms. The lowest BCUT2D eigenvalue weighted by molar-refractivity contribution is 0.586. The third-order valence-electron chi connectivity index (χ3n) is 2.38. The predicted octanol–water partition coefficient (Wildman–Crippen LogP) is 1.30. The van der Waals surface area contributed by atoms with Crippen molar-refractivity contribution >= 4 is 21.4 Å². The molecule has 16 heavy (non-hydrogen) atoms. The summed E-state index contributed by atoms with van der Waals surface area (Å²) in [5.74, 6) is 0. The molecule has 2 N–H and O–H groups in total. The van der Waals surface area contributed by atoms with Gasteiger partial charge in [0.2, 0.25) is 10.0 Å². The Labute approximate surface area is 100 Å². The van der Waals surface area contributed by atoms with Crippen molar-refractivity contribution in [1.82, 2.24) is 10.0 Å². The Morgan fingerprint density at radius 1 is 1.44 bits per heavy atom. The molecule has 0 amide bonds. The van der Waals surface area contributed by atoms with Crippen LogP contribution in [0.4, 0.5) is 0 Å². The SMILES string of the molecule is CCNS(=O)(=O)c1ccc(CNC2CC2)s1. The Hall–Kier alpha value is -0.430. The molecule has 90 valence electrons. The summed E-state index contributed by atoms with van der Waals surface area (Å²) in [4.78, 5) is 1.07. The molecule has 6 heteroatoms. The van der Waals surface area contributed by atoms with Gasteiger partial charge in [-0.2, -0.15) is 0 Å². The number of sulfonamides is 1. The smallest absolute Gasteiger partial charge is 0.250 e. The van der Waals surface area contributed by atoms with Crippen LogP contribution in [0.2, 0.25) is 0 Å². The van der Waals surface area contributed by atoms with E-state index in [2.05, 4.69) is 10.0 Å². The molecule has 1 aromatic rings. The Morgan fingerprint density at radius 3 is 2.81 bits per heavy atom. The van der Waals surface area contributed by atoms with Gasteiger partial charge in [0.1, 0.15) is 4.21 Å². The minimum atomic E-state index is -3.27. The zero-order chi connectivity index (χ0) is 11.6. The molecule has 0 bridgehead atoms. The fourth-order valence-corrected chi connectivity index (χ4v) is 3.78. The van der Waals surface area contributed by atoms with Gasteiger partial charge in [-0.15, -0.1) is 11.3 Å². The van der Waals surface area contributed by atoms with E-state index in [9.17, 15) is 8.42 Å². The molecule has 0 saturated heterocycles. The van der Waals surface area contributed by atoms with Crippen LogP contribution in [0.25, 0.3) is 0 Å². The van der Waals surface area contributed by atoms with Gasteiger partial charge in [-0.1, -0.05) is 6.92 Å². The largest absolute Gasteiger partial charge is 0.309 e. The fourth-order valence-electron chi connectivity index (χ4n) is 1.39. The van der Waals surface area contributed by atoms with Crippen molar-refractivity contribution in [3.63, 3.8) is 0 Å². The highest BCUT2D eigenvalue weighted by atomic mass is 32.2. The predicted molar refractivity (Wildman–Crippen MR) is 65.0 cm³/mol. The molecule has 0 aliphatic heterocycles. The molecule has 0 unspecified atom stereocenters. The van der Waals surface area contributed by atoms with E-state index in [0.717, 1.165) is 11.4 Å². The standard InChI is InChI=1S/C10H16N2O2S2/c1-2-12-16(13,14)10-6-5-9(15-10)7-11-8-3-4-8/h5-6,8,11-12H,2-4,7H2,1H3. The van der Waals surface area contributed by atoms with Crippen LogP contribution >= 0.6 is 11.3 Å². The van der Waals surface area contributed by atoms with E-state index in [4.69, 9.17) is 0 Å². The number of rotatable bonds is 6. The second-order valence-electron chi connectivity index (χ2n) is 3.88. The molecule has 0 aromatic carbocycles. The van der Waals surface area contributed by atoms with Crippen LogP contribution in [0.15, 0.2) is 16.3 Å². The third kappa shape index (κ3) is 3.04. The van der Waals surface area contributed by atoms with E-state index >= 15 is 0 Å². The van der Waals surface area contributed by atoms with Crippen molar-refractivity contribution in [1.29, 1.82) is 0 Å². The molecule has 2 rings (SSSR count). The first-order chi connectivity index (χ1) is 7.62. The average Bonchev–Trinajstić information content (AvgIpc) is 2.92. The number of thiophene rings is 1. The highest BCUT2D eigenvalue weighted by molar-refractivity contribution is 7.91.